The van der Waals surface area contributed by atoms with Gasteiger partial charge in [0.1, 0.15) is 17.0 Å². The predicted octanol–water partition coefficient (Wildman–Crippen LogP) is 5.37. The summed E-state index contributed by atoms with van der Waals surface area (Å²) in [6.07, 6.45) is -4.58. The Morgan fingerprint density at radius 2 is 1.89 bits per heavy atom. The lowest BCUT2D eigenvalue weighted by molar-refractivity contribution is -0.137. The number of fused-ring (bicyclic) bond motifs is 2. The van der Waals surface area contributed by atoms with Crippen molar-refractivity contribution in [3.63, 3.8) is 0 Å². The van der Waals surface area contributed by atoms with Crippen molar-refractivity contribution in [2.24, 2.45) is 0 Å². The highest BCUT2D eigenvalue weighted by Crippen LogP contribution is 2.35. The number of halogens is 3. The topological polar surface area (TPSA) is 72.6 Å². The zero-order chi connectivity index (χ0) is 20.1. The molecular weight excluding hydrogens is 375 g/mol. The number of aromatic carboxylic acids is 1. The number of furan rings is 1. The summed E-state index contributed by atoms with van der Waals surface area (Å²) in [6, 6.07) is 10.9. The fourth-order valence-electron chi connectivity index (χ4n) is 2.98. The number of hydrogen-bond acceptors (Lipinski definition) is 4. The summed E-state index contributed by atoms with van der Waals surface area (Å²) >= 11 is 0. The first-order chi connectivity index (χ1) is 13.3. The van der Waals surface area contributed by atoms with Gasteiger partial charge in [0.25, 0.3) is 0 Å². The normalized spacial score (nSPS) is 11.9. The van der Waals surface area contributed by atoms with E-state index in [1.807, 2.05) is 0 Å². The molecule has 0 amide bonds. The molecule has 0 unspecified atom stereocenters. The summed E-state index contributed by atoms with van der Waals surface area (Å²) in [4.78, 5) is 16.0. The monoisotopic (exact) mass is 387 g/mol. The number of benzene rings is 2. The highest BCUT2D eigenvalue weighted by Gasteiger charge is 2.31. The minimum Gasteiger partial charge on any atom is -0.497 e. The van der Waals surface area contributed by atoms with Gasteiger partial charge in [-0.2, -0.15) is 13.2 Å². The molecule has 1 N–H and O–H groups in total. The van der Waals surface area contributed by atoms with Gasteiger partial charge in [-0.1, -0.05) is 0 Å². The van der Waals surface area contributed by atoms with Gasteiger partial charge in [-0.15, -0.1) is 0 Å². The van der Waals surface area contributed by atoms with E-state index >= 15 is 0 Å². The summed E-state index contributed by atoms with van der Waals surface area (Å²) in [6.45, 7) is 0. The SMILES string of the molecule is COc1ccc2oc(-c3cc(C(=O)O)c4cc(C(F)(F)F)ccc4n3)cc2c1. The van der Waals surface area contributed by atoms with E-state index in [0.717, 1.165) is 23.6 Å². The van der Waals surface area contributed by atoms with Gasteiger partial charge >= 0.3 is 12.1 Å². The molecule has 0 fully saturated rings. The molecule has 4 aromatic rings. The van der Waals surface area contributed by atoms with E-state index in [1.165, 1.54) is 13.2 Å². The summed E-state index contributed by atoms with van der Waals surface area (Å²) in [7, 11) is 1.53. The molecule has 8 heteroatoms. The molecule has 0 radical (unpaired) electrons. The van der Waals surface area contributed by atoms with Gasteiger partial charge in [-0.05, 0) is 48.5 Å². The average Bonchev–Trinajstić information content (AvgIpc) is 3.08. The zero-order valence-electron chi connectivity index (χ0n) is 14.4. The van der Waals surface area contributed by atoms with Gasteiger partial charge in [0.15, 0.2) is 5.76 Å². The second-order valence-corrected chi connectivity index (χ2v) is 6.10. The highest BCUT2D eigenvalue weighted by molar-refractivity contribution is 6.04. The van der Waals surface area contributed by atoms with Crippen LogP contribution in [0, 0.1) is 0 Å². The molecule has 28 heavy (non-hydrogen) atoms. The number of carbonyl (C=O) groups is 1. The third-order valence-electron chi connectivity index (χ3n) is 4.34. The average molecular weight is 387 g/mol. The van der Waals surface area contributed by atoms with E-state index in [2.05, 4.69) is 4.98 Å². The fraction of sp³-hybridized carbons (Fsp3) is 0.100. The minimum atomic E-state index is -4.58. The molecule has 0 aliphatic carbocycles. The summed E-state index contributed by atoms with van der Waals surface area (Å²) < 4.78 is 49.8. The van der Waals surface area contributed by atoms with Crippen LogP contribution in [0.15, 0.2) is 52.9 Å². The van der Waals surface area contributed by atoms with Crippen molar-refractivity contribution in [3.05, 3.63) is 59.7 Å². The lowest BCUT2D eigenvalue weighted by Gasteiger charge is -2.10. The molecule has 4 rings (SSSR count). The maximum Gasteiger partial charge on any atom is 0.416 e. The summed E-state index contributed by atoms with van der Waals surface area (Å²) in [5.41, 5.74) is -0.347. The van der Waals surface area contributed by atoms with Crippen molar-refractivity contribution in [2.75, 3.05) is 7.11 Å². The van der Waals surface area contributed by atoms with Crippen LogP contribution in [0.25, 0.3) is 33.3 Å². The molecule has 5 nitrogen and oxygen atoms in total. The van der Waals surface area contributed by atoms with Crippen molar-refractivity contribution < 1.29 is 32.2 Å². The van der Waals surface area contributed by atoms with Crippen molar-refractivity contribution in [3.8, 4) is 17.2 Å². The molecule has 2 aromatic carbocycles. The van der Waals surface area contributed by atoms with E-state index in [1.54, 1.807) is 24.3 Å². The number of aromatic nitrogens is 1. The molecule has 142 valence electrons. The minimum absolute atomic E-state index is 0.0937. The number of pyridine rings is 1. The smallest absolute Gasteiger partial charge is 0.416 e. The molecule has 2 heterocycles. The van der Waals surface area contributed by atoms with Crippen LogP contribution in [-0.4, -0.2) is 23.2 Å². The lowest BCUT2D eigenvalue weighted by Crippen LogP contribution is -2.06. The van der Waals surface area contributed by atoms with Gasteiger partial charge in [0, 0.05) is 10.8 Å². The Hall–Kier alpha value is -3.55. The molecule has 0 aliphatic heterocycles. The molecule has 2 aromatic heterocycles. The van der Waals surface area contributed by atoms with Crippen LogP contribution >= 0.6 is 0 Å². The molecule has 0 atom stereocenters. The first-order valence-corrected chi connectivity index (χ1v) is 8.09. The molecule has 0 saturated carbocycles. The zero-order valence-corrected chi connectivity index (χ0v) is 14.4. The number of methoxy groups -OCH3 is 1. The third kappa shape index (κ3) is 3.02. The standard InChI is InChI=1S/C20H12F3NO4/c1-27-12-3-5-17-10(6-12)7-18(28-17)16-9-14(19(25)26)13-8-11(20(21,22)23)2-4-15(13)24-16/h2-9H,1H3,(H,25,26). The largest absolute Gasteiger partial charge is 0.497 e. The first-order valence-electron chi connectivity index (χ1n) is 8.09. The van der Waals surface area contributed by atoms with E-state index in [-0.39, 0.29) is 22.2 Å². The van der Waals surface area contributed by atoms with Crippen LogP contribution in [0.4, 0.5) is 13.2 Å². The third-order valence-corrected chi connectivity index (χ3v) is 4.34. The summed E-state index contributed by atoms with van der Waals surface area (Å²) in [5.74, 6) is -0.435. The van der Waals surface area contributed by atoms with Gasteiger partial charge in [0.2, 0.25) is 0 Å². The summed E-state index contributed by atoms with van der Waals surface area (Å²) in [5, 5.41) is 10.1. The van der Waals surface area contributed by atoms with Crippen LogP contribution < -0.4 is 4.74 Å². The van der Waals surface area contributed by atoms with Crippen molar-refractivity contribution in [1.82, 2.24) is 4.98 Å². The van der Waals surface area contributed by atoms with Gasteiger partial charge in [-0.25, -0.2) is 9.78 Å². The highest BCUT2D eigenvalue weighted by atomic mass is 19.4. The van der Waals surface area contributed by atoms with Gasteiger partial charge in [-0.3, -0.25) is 0 Å². The number of rotatable bonds is 3. The van der Waals surface area contributed by atoms with Crippen LogP contribution in [-0.2, 0) is 6.18 Å². The number of hydrogen-bond donors (Lipinski definition) is 1. The van der Waals surface area contributed by atoms with Crippen LogP contribution in [0.5, 0.6) is 5.75 Å². The quantitative estimate of drug-likeness (QED) is 0.511. The molecule has 0 spiro atoms. The van der Waals surface area contributed by atoms with Crippen molar-refractivity contribution in [2.45, 2.75) is 6.18 Å². The van der Waals surface area contributed by atoms with Crippen LogP contribution in [0.1, 0.15) is 15.9 Å². The Kier molecular flexibility index (Phi) is 3.99. The molecule has 0 aliphatic rings. The van der Waals surface area contributed by atoms with Gasteiger partial charge < -0.3 is 14.3 Å². The van der Waals surface area contributed by atoms with Gasteiger partial charge in [0.05, 0.1) is 23.8 Å². The number of nitrogens with zero attached hydrogens (tertiary/aromatic N) is 1. The predicted molar refractivity (Wildman–Crippen MR) is 95.5 cm³/mol. The second-order valence-electron chi connectivity index (χ2n) is 6.10. The Balaban J connectivity index is 1.92. The number of alkyl halides is 3. The molecular formula is C20H12F3NO4. The first kappa shape index (κ1) is 17.8. The number of carboxylic acids is 1. The maximum atomic E-state index is 13.0. The Morgan fingerprint density at radius 3 is 2.57 bits per heavy atom. The second kappa shape index (κ2) is 6.26. The Labute approximate surface area is 156 Å². The molecule has 0 saturated heterocycles. The Morgan fingerprint density at radius 1 is 1.11 bits per heavy atom. The van der Waals surface area contributed by atoms with E-state index in [4.69, 9.17) is 9.15 Å². The van der Waals surface area contributed by atoms with Crippen LogP contribution in [0.2, 0.25) is 0 Å². The lowest BCUT2D eigenvalue weighted by atomic mass is 10.0. The van der Waals surface area contributed by atoms with E-state index in [9.17, 15) is 23.1 Å². The molecule has 0 bridgehead atoms. The fourth-order valence-corrected chi connectivity index (χ4v) is 2.98. The van der Waals surface area contributed by atoms with Crippen molar-refractivity contribution in [1.29, 1.82) is 0 Å². The van der Waals surface area contributed by atoms with Crippen molar-refractivity contribution >= 4 is 27.8 Å². The van der Waals surface area contributed by atoms with Crippen LogP contribution in [0.3, 0.4) is 0 Å². The number of ether oxygens (including phenoxy) is 1. The Bertz CT molecular complexity index is 1230. The van der Waals surface area contributed by atoms with E-state index < -0.39 is 17.7 Å². The maximum absolute atomic E-state index is 13.0. The van der Waals surface area contributed by atoms with E-state index in [0.29, 0.717) is 17.1 Å². The number of carboxylic acid groups (broad SMARTS) is 1.